The molecule has 2 aliphatic carbocycles. The number of aromatic nitrogens is 2. The number of aryl methyl sites for hydroxylation is 1. The van der Waals surface area contributed by atoms with E-state index in [9.17, 15) is 18.0 Å². The van der Waals surface area contributed by atoms with Gasteiger partial charge in [0.05, 0.1) is 30.6 Å². The second-order valence-electron chi connectivity index (χ2n) is 15.0. The lowest BCUT2D eigenvalue weighted by Gasteiger charge is -2.40. The molecule has 1 N–H and O–H groups in total. The van der Waals surface area contributed by atoms with Gasteiger partial charge in [0.2, 0.25) is 5.91 Å². The molecule has 0 radical (unpaired) electrons. The van der Waals surface area contributed by atoms with Crippen molar-refractivity contribution >= 4 is 27.7 Å². The molecular formula is C37H49N7O5S. The summed E-state index contributed by atoms with van der Waals surface area (Å²) in [6, 6.07) is 6.06. The molecule has 268 valence electrons. The molecule has 4 heterocycles. The van der Waals surface area contributed by atoms with Crippen molar-refractivity contribution < 1.29 is 22.7 Å². The van der Waals surface area contributed by atoms with E-state index in [2.05, 4.69) is 37.7 Å². The average molecular weight is 704 g/mol. The van der Waals surface area contributed by atoms with E-state index in [1.54, 1.807) is 24.4 Å². The number of imidazole rings is 1. The van der Waals surface area contributed by atoms with Gasteiger partial charge in [-0.2, -0.15) is 12.7 Å². The number of amides is 2. The van der Waals surface area contributed by atoms with Crippen LogP contribution in [0.4, 0.5) is 0 Å². The number of likely N-dealkylation sites (tertiary alicyclic amines) is 1. The van der Waals surface area contributed by atoms with Gasteiger partial charge in [0.15, 0.2) is 0 Å². The first kappa shape index (κ1) is 34.5. The maximum Gasteiger partial charge on any atom is 0.303 e. The molecule has 0 spiro atoms. The van der Waals surface area contributed by atoms with Gasteiger partial charge in [-0.25, -0.2) is 9.71 Å². The molecule has 1 saturated carbocycles. The van der Waals surface area contributed by atoms with Gasteiger partial charge in [0.1, 0.15) is 5.75 Å². The minimum absolute atomic E-state index is 0.0138. The third-order valence-corrected chi connectivity index (χ3v) is 13.0. The number of fused-ring (bicyclic) bond motifs is 7. The summed E-state index contributed by atoms with van der Waals surface area (Å²) >= 11 is 0. The van der Waals surface area contributed by atoms with Crippen LogP contribution < -0.4 is 9.46 Å². The van der Waals surface area contributed by atoms with Crippen molar-refractivity contribution in [1.82, 2.24) is 33.3 Å². The number of nitrogens with one attached hydrogen (secondary N) is 1. The first-order valence-electron chi connectivity index (χ1n) is 17.6. The molecule has 12 nitrogen and oxygen atoms in total. The van der Waals surface area contributed by atoms with Crippen LogP contribution in [0.25, 0.3) is 5.70 Å². The lowest BCUT2D eigenvalue weighted by atomic mass is 9.71. The van der Waals surface area contributed by atoms with Crippen LogP contribution in [-0.2, 0) is 33.4 Å². The minimum Gasteiger partial charge on any atom is -0.497 e. The molecule has 4 atom stereocenters. The third kappa shape index (κ3) is 5.76. The van der Waals surface area contributed by atoms with Crippen LogP contribution in [0.15, 0.2) is 60.1 Å². The highest BCUT2D eigenvalue weighted by Crippen LogP contribution is 2.57. The van der Waals surface area contributed by atoms with E-state index < -0.39 is 21.5 Å². The lowest BCUT2D eigenvalue weighted by Crippen LogP contribution is -2.52. The Hall–Kier alpha value is -3.94. The summed E-state index contributed by atoms with van der Waals surface area (Å²) in [5.74, 6) is 0.383. The fourth-order valence-corrected chi connectivity index (χ4v) is 9.69. The topological polar surface area (TPSA) is 120 Å². The zero-order chi connectivity index (χ0) is 35.5. The molecule has 1 aromatic heterocycles. The summed E-state index contributed by atoms with van der Waals surface area (Å²) in [5.41, 5.74) is 5.31. The van der Waals surface area contributed by atoms with E-state index in [-0.39, 0.29) is 23.8 Å². The highest BCUT2D eigenvalue weighted by atomic mass is 32.2. The van der Waals surface area contributed by atoms with Crippen LogP contribution in [0.1, 0.15) is 54.8 Å². The van der Waals surface area contributed by atoms with Gasteiger partial charge in [-0.15, -0.1) is 0 Å². The Morgan fingerprint density at radius 1 is 1.10 bits per heavy atom. The van der Waals surface area contributed by atoms with Crippen molar-refractivity contribution in [3.8, 4) is 5.75 Å². The Morgan fingerprint density at radius 2 is 1.86 bits per heavy atom. The highest BCUT2D eigenvalue weighted by Gasteiger charge is 2.59. The number of hydrogen-bond acceptors (Lipinski definition) is 8. The quantitative estimate of drug-likeness (QED) is 0.446. The van der Waals surface area contributed by atoms with E-state index >= 15 is 0 Å². The van der Waals surface area contributed by atoms with Crippen molar-refractivity contribution in [2.75, 3.05) is 54.9 Å². The molecule has 1 saturated heterocycles. The number of nitrogens with zero attached hydrogens (tertiary/aromatic N) is 6. The number of rotatable bonds is 8. The van der Waals surface area contributed by atoms with E-state index in [1.807, 2.05) is 44.0 Å². The lowest BCUT2D eigenvalue weighted by molar-refractivity contribution is -0.140. The third-order valence-electron chi connectivity index (χ3n) is 11.6. The number of carbonyl (C=O) groups is 2. The molecule has 2 aromatic rings. The Morgan fingerprint density at radius 3 is 2.52 bits per heavy atom. The van der Waals surface area contributed by atoms with Crippen molar-refractivity contribution in [1.29, 1.82) is 0 Å². The molecule has 1 aromatic carbocycles. The molecule has 2 amide bonds. The number of ether oxygens (including phenoxy) is 1. The molecule has 0 bridgehead atoms. The maximum absolute atomic E-state index is 14.8. The Labute approximate surface area is 295 Å². The molecule has 5 aliphatic rings. The molecule has 7 rings (SSSR count). The van der Waals surface area contributed by atoms with Gasteiger partial charge in [-0.3, -0.25) is 14.5 Å². The summed E-state index contributed by atoms with van der Waals surface area (Å²) < 4.78 is 36.4. The second-order valence-corrected chi connectivity index (χ2v) is 16.9. The van der Waals surface area contributed by atoms with Crippen LogP contribution in [-0.4, -0.2) is 110 Å². The van der Waals surface area contributed by atoms with Crippen LogP contribution in [0.5, 0.6) is 5.75 Å². The summed E-state index contributed by atoms with van der Waals surface area (Å²) in [5, 5.41) is 0. The molecule has 2 fully saturated rings. The van der Waals surface area contributed by atoms with Gasteiger partial charge >= 0.3 is 10.2 Å². The van der Waals surface area contributed by atoms with Gasteiger partial charge < -0.3 is 19.1 Å². The van der Waals surface area contributed by atoms with Crippen molar-refractivity contribution in [2.24, 2.45) is 24.3 Å². The summed E-state index contributed by atoms with van der Waals surface area (Å²) in [7, 11) is 6.14. The van der Waals surface area contributed by atoms with Crippen molar-refractivity contribution in [2.45, 2.75) is 50.6 Å². The molecular weight excluding hydrogens is 655 g/mol. The van der Waals surface area contributed by atoms with Gasteiger partial charge in [0.25, 0.3) is 5.91 Å². The van der Waals surface area contributed by atoms with Crippen LogP contribution in [0.2, 0.25) is 0 Å². The summed E-state index contributed by atoms with van der Waals surface area (Å²) in [4.78, 5) is 39.1. The Balaban J connectivity index is 1.41. The predicted octanol–water partition coefficient (Wildman–Crippen LogP) is 3.13. The number of benzene rings is 1. The van der Waals surface area contributed by atoms with Gasteiger partial charge in [0, 0.05) is 96.3 Å². The second kappa shape index (κ2) is 13.0. The summed E-state index contributed by atoms with van der Waals surface area (Å²) in [6.07, 6.45) is 15.2. The van der Waals surface area contributed by atoms with E-state index in [4.69, 9.17) is 4.74 Å². The van der Waals surface area contributed by atoms with Crippen LogP contribution in [0.3, 0.4) is 0 Å². The standard InChI is InChI=1S/C37H49N7O5S/c1-40(2)36(46)37-21-43(19-26-18-38-23-42(26)5)20-31(37)30-17-27(49-6)13-15-28(30)34-33(24-10-8-7-9-11-24)29-14-12-25(16-32(29)44(34)22-37)35(45)39-50(47,48)41(3)4/h12-18,23-24,29,31-32H,7-11,19-22H2,1-6H3,(H,39,45). The smallest absolute Gasteiger partial charge is 0.303 e. The SMILES string of the molecule is COc1ccc2c(c1)C1CN(Cc3cncn3C)CC1(C(=O)N(C)C)CN1C2=C(C2CCCCC2)C2C=CC(C(=O)NS(=O)(=O)N(C)C)=CC21. The van der Waals surface area contributed by atoms with E-state index in [0.29, 0.717) is 37.7 Å². The maximum atomic E-state index is 14.8. The highest BCUT2D eigenvalue weighted by molar-refractivity contribution is 7.87. The summed E-state index contributed by atoms with van der Waals surface area (Å²) in [6.45, 7) is 2.34. The van der Waals surface area contributed by atoms with Crippen LogP contribution in [0, 0.1) is 17.3 Å². The average Bonchev–Trinajstić information content (AvgIpc) is 3.75. The predicted molar refractivity (Wildman–Crippen MR) is 191 cm³/mol. The zero-order valence-corrected chi connectivity index (χ0v) is 30.7. The molecule has 50 heavy (non-hydrogen) atoms. The normalized spacial score (nSPS) is 26.6. The first-order valence-corrected chi connectivity index (χ1v) is 19.0. The van der Waals surface area contributed by atoms with E-state index in [1.165, 1.54) is 38.9 Å². The van der Waals surface area contributed by atoms with Crippen LogP contribution >= 0.6 is 0 Å². The van der Waals surface area contributed by atoms with E-state index in [0.717, 1.165) is 45.4 Å². The van der Waals surface area contributed by atoms with Crippen molar-refractivity contribution in [3.63, 3.8) is 0 Å². The molecule has 3 aliphatic heterocycles. The fourth-order valence-electron chi connectivity index (χ4n) is 9.16. The van der Waals surface area contributed by atoms with Gasteiger partial charge in [-0.1, -0.05) is 31.4 Å². The zero-order valence-electron chi connectivity index (χ0n) is 29.9. The fraction of sp³-hybridized carbons (Fsp3) is 0.541. The minimum atomic E-state index is -3.98. The number of carbonyl (C=O) groups excluding carboxylic acids is 2. The number of methoxy groups -OCH3 is 1. The van der Waals surface area contributed by atoms with Gasteiger partial charge in [-0.05, 0) is 54.2 Å². The Bertz CT molecular complexity index is 1890. The molecule has 4 unspecified atom stereocenters. The first-order chi connectivity index (χ1) is 23.8. The number of hydrogen-bond donors (Lipinski definition) is 1. The largest absolute Gasteiger partial charge is 0.497 e. The Kier molecular flexibility index (Phi) is 8.96. The molecule has 13 heteroatoms. The van der Waals surface area contributed by atoms with Crippen molar-refractivity contribution in [3.05, 3.63) is 76.9 Å². The monoisotopic (exact) mass is 703 g/mol.